The first-order valence-corrected chi connectivity index (χ1v) is 11.8. The van der Waals surface area contributed by atoms with Crippen LogP contribution >= 0.6 is 0 Å². The molecule has 1 aromatic carbocycles. The average Bonchev–Trinajstić information content (AvgIpc) is 3.20. The largest absolute Gasteiger partial charge is 0.494 e. The van der Waals surface area contributed by atoms with Gasteiger partial charge in [-0.25, -0.2) is 0 Å². The Morgan fingerprint density at radius 2 is 1.66 bits per heavy atom. The summed E-state index contributed by atoms with van der Waals surface area (Å²) in [6.07, 6.45) is 7.92. The molecule has 0 aromatic heterocycles. The molecule has 0 spiro atoms. The number of ether oxygens (including phenoxy) is 2. The maximum atomic E-state index is 5.98. The van der Waals surface area contributed by atoms with Gasteiger partial charge in [-0.15, -0.1) is 0 Å². The summed E-state index contributed by atoms with van der Waals surface area (Å²) in [5, 5.41) is 0. The van der Waals surface area contributed by atoms with E-state index in [4.69, 9.17) is 9.47 Å². The molecule has 0 bridgehead atoms. The van der Waals surface area contributed by atoms with Crippen molar-refractivity contribution in [2.45, 2.75) is 51.1 Å². The highest BCUT2D eigenvalue weighted by molar-refractivity contribution is 5.27. The van der Waals surface area contributed by atoms with Gasteiger partial charge in [0.25, 0.3) is 0 Å². The van der Waals surface area contributed by atoms with E-state index in [1.54, 1.807) is 0 Å². The summed E-state index contributed by atoms with van der Waals surface area (Å²) in [6, 6.07) is 9.51. The first kappa shape index (κ1) is 21.1. The second-order valence-electron chi connectivity index (χ2n) is 8.93. The minimum atomic E-state index is 0.693. The molecule has 29 heavy (non-hydrogen) atoms. The summed E-state index contributed by atoms with van der Waals surface area (Å²) in [6.45, 7) is 12.0. The first-order valence-electron chi connectivity index (χ1n) is 11.8. The number of likely N-dealkylation sites (tertiary alicyclic amines) is 2. The van der Waals surface area contributed by atoms with E-state index in [-0.39, 0.29) is 0 Å². The topological polar surface area (TPSA) is 28.2 Å². The Morgan fingerprint density at radius 1 is 0.862 bits per heavy atom. The smallest absolute Gasteiger partial charge is 0.119 e. The van der Waals surface area contributed by atoms with Gasteiger partial charge in [-0.1, -0.05) is 18.6 Å². The Bertz CT molecular complexity index is 582. The molecule has 3 saturated heterocycles. The molecule has 4 rings (SSSR count). The number of hydrogen-bond donors (Lipinski definition) is 0. The third-order valence-corrected chi connectivity index (χ3v) is 6.72. The first-order chi connectivity index (χ1) is 14.4. The van der Waals surface area contributed by atoms with Crippen molar-refractivity contribution >= 4 is 0 Å². The minimum absolute atomic E-state index is 0.693. The van der Waals surface area contributed by atoms with Crippen LogP contribution in [0.2, 0.25) is 0 Å². The van der Waals surface area contributed by atoms with E-state index in [1.165, 1.54) is 70.4 Å². The summed E-state index contributed by atoms with van der Waals surface area (Å²) in [5.74, 6) is 1.01. The fourth-order valence-electron chi connectivity index (χ4n) is 4.98. The van der Waals surface area contributed by atoms with E-state index >= 15 is 0 Å². The molecular weight excluding hydrogens is 362 g/mol. The van der Waals surface area contributed by atoms with Crippen molar-refractivity contribution in [3.63, 3.8) is 0 Å². The van der Waals surface area contributed by atoms with E-state index in [1.807, 2.05) is 0 Å². The molecule has 3 aliphatic rings. The molecule has 0 unspecified atom stereocenters. The van der Waals surface area contributed by atoms with Gasteiger partial charge in [-0.3, -0.25) is 9.80 Å². The van der Waals surface area contributed by atoms with Crippen LogP contribution in [0.5, 0.6) is 5.75 Å². The number of piperidine rings is 1. The molecule has 0 amide bonds. The predicted molar refractivity (Wildman–Crippen MR) is 118 cm³/mol. The quantitative estimate of drug-likeness (QED) is 0.593. The van der Waals surface area contributed by atoms with Crippen LogP contribution in [0.3, 0.4) is 0 Å². The minimum Gasteiger partial charge on any atom is -0.494 e. The summed E-state index contributed by atoms with van der Waals surface area (Å²) < 4.78 is 11.5. The third-order valence-electron chi connectivity index (χ3n) is 6.72. The molecule has 3 aliphatic heterocycles. The van der Waals surface area contributed by atoms with Crippen LogP contribution in [-0.2, 0) is 11.3 Å². The van der Waals surface area contributed by atoms with Crippen molar-refractivity contribution in [2.24, 2.45) is 0 Å². The molecule has 0 radical (unpaired) electrons. The van der Waals surface area contributed by atoms with Gasteiger partial charge in [-0.2, -0.15) is 0 Å². The van der Waals surface area contributed by atoms with Crippen molar-refractivity contribution in [1.29, 1.82) is 0 Å². The fourth-order valence-corrected chi connectivity index (χ4v) is 4.98. The number of nitrogens with zero attached hydrogens (tertiary/aromatic N) is 3. The lowest BCUT2D eigenvalue weighted by Crippen LogP contribution is -2.44. The summed E-state index contributed by atoms with van der Waals surface area (Å²) in [4.78, 5) is 7.83. The Balaban J connectivity index is 1.17. The van der Waals surface area contributed by atoms with Gasteiger partial charge in [0.2, 0.25) is 0 Å². The number of hydrogen-bond acceptors (Lipinski definition) is 5. The highest BCUT2D eigenvalue weighted by Crippen LogP contribution is 2.22. The SMILES string of the molecule is c1cc(OCCCN2CCCCC2)ccc1CN1CCC[C@H]1CN1CCOCC1. The lowest BCUT2D eigenvalue weighted by atomic mass is 10.1. The van der Waals surface area contributed by atoms with Crippen LogP contribution in [0.25, 0.3) is 0 Å². The van der Waals surface area contributed by atoms with Crippen molar-refractivity contribution in [3.8, 4) is 5.75 Å². The lowest BCUT2D eigenvalue weighted by molar-refractivity contribution is 0.0262. The summed E-state index contributed by atoms with van der Waals surface area (Å²) in [5.41, 5.74) is 1.40. The lowest BCUT2D eigenvalue weighted by Gasteiger charge is -2.33. The Kier molecular flexibility index (Phi) is 8.23. The molecule has 5 heteroatoms. The van der Waals surface area contributed by atoms with Crippen LogP contribution in [0.1, 0.15) is 44.1 Å². The molecule has 0 N–H and O–H groups in total. The van der Waals surface area contributed by atoms with Crippen molar-refractivity contribution in [3.05, 3.63) is 29.8 Å². The summed E-state index contributed by atoms with van der Waals surface area (Å²) >= 11 is 0. The Labute approximate surface area is 176 Å². The normalized spacial score (nSPS) is 24.8. The van der Waals surface area contributed by atoms with E-state index in [2.05, 4.69) is 39.0 Å². The Hall–Kier alpha value is -1.14. The number of morpholine rings is 1. The van der Waals surface area contributed by atoms with Crippen LogP contribution < -0.4 is 4.74 Å². The maximum Gasteiger partial charge on any atom is 0.119 e. The van der Waals surface area contributed by atoms with Crippen molar-refractivity contribution in [1.82, 2.24) is 14.7 Å². The van der Waals surface area contributed by atoms with Gasteiger partial charge in [0.15, 0.2) is 0 Å². The van der Waals surface area contributed by atoms with Crippen LogP contribution in [-0.4, -0.2) is 86.4 Å². The average molecular weight is 402 g/mol. The molecule has 5 nitrogen and oxygen atoms in total. The van der Waals surface area contributed by atoms with Gasteiger partial charge >= 0.3 is 0 Å². The highest BCUT2D eigenvalue weighted by atomic mass is 16.5. The zero-order chi connectivity index (χ0) is 19.7. The molecule has 3 fully saturated rings. The standard InChI is InChI=1S/C24H39N3O2/c1-2-11-25(12-3-1)13-5-17-29-24-9-7-22(8-10-24)20-27-14-4-6-23(27)21-26-15-18-28-19-16-26/h7-10,23H,1-6,11-21H2/t23-/m0/s1. The maximum absolute atomic E-state index is 5.98. The second-order valence-corrected chi connectivity index (χ2v) is 8.93. The zero-order valence-corrected chi connectivity index (χ0v) is 18.1. The Morgan fingerprint density at radius 3 is 2.45 bits per heavy atom. The van der Waals surface area contributed by atoms with E-state index in [0.29, 0.717) is 6.04 Å². The van der Waals surface area contributed by atoms with Crippen molar-refractivity contribution < 1.29 is 9.47 Å². The molecule has 1 aromatic rings. The molecule has 0 aliphatic carbocycles. The predicted octanol–water partition coefficient (Wildman–Crippen LogP) is 3.24. The van der Waals surface area contributed by atoms with E-state index in [9.17, 15) is 0 Å². The van der Waals surface area contributed by atoms with E-state index < -0.39 is 0 Å². The number of rotatable bonds is 9. The summed E-state index contributed by atoms with van der Waals surface area (Å²) in [7, 11) is 0. The monoisotopic (exact) mass is 401 g/mol. The third kappa shape index (κ3) is 6.68. The number of benzene rings is 1. The molecule has 0 saturated carbocycles. The molecular formula is C24H39N3O2. The van der Waals surface area contributed by atoms with Gasteiger partial charge in [0, 0.05) is 38.8 Å². The fraction of sp³-hybridized carbons (Fsp3) is 0.750. The molecule has 3 heterocycles. The van der Waals surface area contributed by atoms with Crippen LogP contribution in [0.4, 0.5) is 0 Å². The zero-order valence-electron chi connectivity index (χ0n) is 18.1. The van der Waals surface area contributed by atoms with E-state index in [0.717, 1.165) is 51.6 Å². The van der Waals surface area contributed by atoms with Crippen LogP contribution in [0.15, 0.2) is 24.3 Å². The molecule has 1 atom stereocenters. The highest BCUT2D eigenvalue weighted by Gasteiger charge is 2.27. The van der Waals surface area contributed by atoms with Crippen molar-refractivity contribution in [2.75, 3.05) is 65.6 Å². The van der Waals surface area contributed by atoms with Crippen LogP contribution in [0, 0.1) is 0 Å². The van der Waals surface area contributed by atoms with Gasteiger partial charge in [-0.05, 0) is 69.4 Å². The van der Waals surface area contributed by atoms with Gasteiger partial charge < -0.3 is 14.4 Å². The van der Waals surface area contributed by atoms with Gasteiger partial charge in [0.1, 0.15) is 5.75 Å². The molecule has 162 valence electrons. The second kappa shape index (κ2) is 11.3. The van der Waals surface area contributed by atoms with Gasteiger partial charge in [0.05, 0.1) is 19.8 Å².